The first kappa shape index (κ1) is 13.1. The largest absolute Gasteiger partial charge is 0.453 e. The molecule has 0 spiro atoms. The van der Waals surface area contributed by atoms with Gasteiger partial charge in [0.25, 0.3) is 0 Å². The topological polar surface area (TPSA) is 59.0 Å². The molecule has 0 radical (unpaired) electrons. The second-order valence-corrected chi connectivity index (χ2v) is 4.18. The summed E-state index contributed by atoms with van der Waals surface area (Å²) >= 11 is 0. The highest BCUT2D eigenvalue weighted by Crippen LogP contribution is 2.28. The van der Waals surface area contributed by atoms with E-state index in [0.29, 0.717) is 17.9 Å². The smallest absolute Gasteiger partial charge is 0.165 e. The van der Waals surface area contributed by atoms with E-state index in [9.17, 15) is 4.39 Å². The molecular formula is C15H13FN2O. The number of hydrogen-bond acceptors (Lipinski definition) is 3. The van der Waals surface area contributed by atoms with E-state index in [0.717, 1.165) is 11.1 Å². The predicted octanol–water partition coefficient (Wildman–Crippen LogP) is 3.26. The van der Waals surface area contributed by atoms with Crippen LogP contribution in [0.5, 0.6) is 11.5 Å². The van der Waals surface area contributed by atoms with Crippen LogP contribution in [0.2, 0.25) is 0 Å². The van der Waals surface area contributed by atoms with Gasteiger partial charge in [-0.25, -0.2) is 4.39 Å². The first-order chi connectivity index (χ1) is 9.13. The van der Waals surface area contributed by atoms with Crippen molar-refractivity contribution in [2.75, 3.05) is 0 Å². The minimum absolute atomic E-state index is 0.108. The fraction of sp³-hybridized carbons (Fsp3) is 0.133. The number of aryl methyl sites for hydroxylation is 1. The summed E-state index contributed by atoms with van der Waals surface area (Å²) in [6.07, 6.45) is 0. The number of ether oxygens (including phenoxy) is 1. The Balaban J connectivity index is 2.38. The molecular weight excluding hydrogens is 243 g/mol. The highest BCUT2D eigenvalue weighted by Gasteiger charge is 2.09. The molecule has 4 heteroatoms. The third-order valence-electron chi connectivity index (χ3n) is 2.71. The molecule has 0 heterocycles. The molecule has 0 fully saturated rings. The lowest BCUT2D eigenvalue weighted by Gasteiger charge is -2.10. The van der Waals surface area contributed by atoms with E-state index < -0.39 is 5.82 Å². The highest BCUT2D eigenvalue weighted by molar-refractivity contribution is 5.47. The molecule has 2 N–H and O–H groups in total. The third-order valence-corrected chi connectivity index (χ3v) is 2.71. The number of nitrogens with zero attached hydrogens (tertiary/aromatic N) is 1. The van der Waals surface area contributed by atoms with Crippen molar-refractivity contribution in [2.45, 2.75) is 13.5 Å². The van der Waals surface area contributed by atoms with Crippen molar-refractivity contribution in [1.29, 1.82) is 5.26 Å². The molecule has 0 amide bonds. The number of halogens is 1. The summed E-state index contributed by atoms with van der Waals surface area (Å²) in [4.78, 5) is 0. The van der Waals surface area contributed by atoms with Crippen LogP contribution in [0, 0.1) is 24.1 Å². The summed E-state index contributed by atoms with van der Waals surface area (Å²) in [6.45, 7) is 2.18. The molecule has 0 bridgehead atoms. The van der Waals surface area contributed by atoms with Crippen molar-refractivity contribution in [3.05, 3.63) is 58.9 Å². The molecule has 0 saturated heterocycles. The Morgan fingerprint density at radius 3 is 2.68 bits per heavy atom. The standard InChI is InChI=1S/C15H13FN2O/c1-10-2-4-13(16)15(6-10)19-14-5-3-11(8-17)7-12(14)9-18/h2-7H,8,17H2,1H3. The van der Waals surface area contributed by atoms with Crippen LogP contribution in [0.25, 0.3) is 0 Å². The fourth-order valence-corrected chi connectivity index (χ4v) is 1.69. The Kier molecular flexibility index (Phi) is 3.79. The predicted molar refractivity (Wildman–Crippen MR) is 70.3 cm³/mol. The van der Waals surface area contributed by atoms with Gasteiger partial charge in [0.05, 0.1) is 5.56 Å². The zero-order valence-corrected chi connectivity index (χ0v) is 10.5. The number of nitriles is 1. The first-order valence-corrected chi connectivity index (χ1v) is 5.81. The summed E-state index contributed by atoms with van der Waals surface area (Å²) in [6, 6.07) is 11.6. The number of hydrogen-bond donors (Lipinski definition) is 1. The van der Waals surface area contributed by atoms with Gasteiger partial charge in [0, 0.05) is 6.54 Å². The monoisotopic (exact) mass is 256 g/mol. The highest BCUT2D eigenvalue weighted by atomic mass is 19.1. The van der Waals surface area contributed by atoms with Gasteiger partial charge in [-0.3, -0.25) is 0 Å². The maximum Gasteiger partial charge on any atom is 0.165 e. The fourth-order valence-electron chi connectivity index (χ4n) is 1.69. The number of rotatable bonds is 3. The van der Waals surface area contributed by atoms with Gasteiger partial charge in [-0.1, -0.05) is 12.1 Å². The summed E-state index contributed by atoms with van der Waals surface area (Å²) in [5, 5.41) is 9.08. The number of nitrogens with two attached hydrogens (primary N) is 1. The zero-order valence-electron chi connectivity index (χ0n) is 10.5. The quantitative estimate of drug-likeness (QED) is 0.916. The maximum absolute atomic E-state index is 13.6. The van der Waals surface area contributed by atoms with Gasteiger partial charge >= 0.3 is 0 Å². The lowest BCUT2D eigenvalue weighted by molar-refractivity contribution is 0.440. The first-order valence-electron chi connectivity index (χ1n) is 5.81. The van der Waals surface area contributed by atoms with Crippen LogP contribution in [0.3, 0.4) is 0 Å². The van der Waals surface area contributed by atoms with E-state index in [2.05, 4.69) is 0 Å². The molecule has 0 atom stereocenters. The zero-order chi connectivity index (χ0) is 13.8. The summed E-state index contributed by atoms with van der Waals surface area (Å²) in [5.41, 5.74) is 7.56. The molecule has 3 nitrogen and oxygen atoms in total. The van der Waals surface area contributed by atoms with Crippen LogP contribution >= 0.6 is 0 Å². The number of benzene rings is 2. The van der Waals surface area contributed by atoms with Gasteiger partial charge in [-0.15, -0.1) is 0 Å². The Morgan fingerprint density at radius 2 is 2.00 bits per heavy atom. The molecule has 2 aromatic rings. The molecule has 0 aliphatic rings. The third kappa shape index (κ3) is 2.90. The van der Waals surface area contributed by atoms with Crippen molar-refractivity contribution in [2.24, 2.45) is 5.73 Å². The minimum Gasteiger partial charge on any atom is -0.453 e. The SMILES string of the molecule is Cc1ccc(F)c(Oc2ccc(CN)cc2C#N)c1. The van der Waals surface area contributed by atoms with Crippen LogP contribution in [-0.2, 0) is 6.54 Å². The van der Waals surface area contributed by atoms with Gasteiger partial charge < -0.3 is 10.5 Å². The molecule has 0 aliphatic carbocycles. The normalized spacial score (nSPS) is 10.0. The van der Waals surface area contributed by atoms with Crippen LogP contribution < -0.4 is 10.5 Å². The Hall–Kier alpha value is -2.38. The maximum atomic E-state index is 13.6. The summed E-state index contributed by atoms with van der Waals surface area (Å²) in [5.74, 6) is -0.0291. The minimum atomic E-state index is -0.461. The van der Waals surface area contributed by atoms with Gasteiger partial charge in [-0.2, -0.15) is 5.26 Å². The molecule has 2 aromatic carbocycles. The molecule has 2 rings (SSSR count). The van der Waals surface area contributed by atoms with Gasteiger partial charge in [0.2, 0.25) is 0 Å². The lowest BCUT2D eigenvalue weighted by atomic mass is 10.1. The molecule has 0 unspecified atom stereocenters. The van der Waals surface area contributed by atoms with Crippen molar-refractivity contribution in [1.82, 2.24) is 0 Å². The van der Waals surface area contributed by atoms with E-state index in [4.69, 9.17) is 15.7 Å². The second kappa shape index (κ2) is 5.51. The summed E-state index contributed by atoms with van der Waals surface area (Å²) in [7, 11) is 0. The van der Waals surface area contributed by atoms with E-state index in [1.54, 1.807) is 30.3 Å². The van der Waals surface area contributed by atoms with Crippen LogP contribution in [-0.4, -0.2) is 0 Å². The van der Waals surface area contributed by atoms with E-state index in [1.807, 2.05) is 13.0 Å². The van der Waals surface area contributed by atoms with Crippen molar-refractivity contribution in [3.8, 4) is 17.6 Å². The van der Waals surface area contributed by atoms with Gasteiger partial charge in [-0.05, 0) is 42.3 Å². The molecule has 19 heavy (non-hydrogen) atoms. The van der Waals surface area contributed by atoms with Crippen molar-refractivity contribution < 1.29 is 9.13 Å². The van der Waals surface area contributed by atoms with Crippen LogP contribution in [0.15, 0.2) is 36.4 Å². The summed E-state index contributed by atoms with van der Waals surface area (Å²) < 4.78 is 19.1. The van der Waals surface area contributed by atoms with Gasteiger partial charge in [0.15, 0.2) is 11.6 Å². The van der Waals surface area contributed by atoms with Crippen LogP contribution in [0.4, 0.5) is 4.39 Å². The van der Waals surface area contributed by atoms with Crippen molar-refractivity contribution >= 4 is 0 Å². The molecule has 0 saturated carbocycles. The molecule has 0 aromatic heterocycles. The molecule has 96 valence electrons. The van der Waals surface area contributed by atoms with E-state index in [1.165, 1.54) is 6.07 Å². The molecule has 0 aliphatic heterocycles. The van der Waals surface area contributed by atoms with Gasteiger partial charge in [0.1, 0.15) is 11.8 Å². The van der Waals surface area contributed by atoms with E-state index >= 15 is 0 Å². The average molecular weight is 256 g/mol. The van der Waals surface area contributed by atoms with Crippen LogP contribution in [0.1, 0.15) is 16.7 Å². The Labute approximate surface area is 111 Å². The average Bonchev–Trinajstić information content (AvgIpc) is 2.43. The Bertz CT molecular complexity index is 647. The lowest BCUT2D eigenvalue weighted by Crippen LogP contribution is -1.98. The second-order valence-electron chi connectivity index (χ2n) is 4.18. The Morgan fingerprint density at radius 1 is 1.21 bits per heavy atom. The van der Waals surface area contributed by atoms with E-state index in [-0.39, 0.29) is 5.75 Å². The van der Waals surface area contributed by atoms with Crippen molar-refractivity contribution in [3.63, 3.8) is 0 Å².